The Morgan fingerprint density at radius 3 is 2.52 bits per heavy atom. The molecule has 0 aliphatic carbocycles. The first-order valence-corrected chi connectivity index (χ1v) is 10.8. The Morgan fingerprint density at radius 1 is 1.10 bits per heavy atom. The molecule has 0 saturated carbocycles. The van der Waals surface area contributed by atoms with Crippen LogP contribution in [0.5, 0.6) is 5.75 Å². The van der Waals surface area contributed by atoms with Crippen LogP contribution >= 0.6 is 11.8 Å². The van der Waals surface area contributed by atoms with E-state index in [1.807, 2.05) is 35.8 Å². The number of benzene rings is 2. The lowest BCUT2D eigenvalue weighted by atomic mass is 10.2. The Hall–Kier alpha value is -3.53. The zero-order valence-corrected chi connectivity index (χ0v) is 17.8. The fourth-order valence-corrected chi connectivity index (χ4v) is 4.02. The fourth-order valence-electron chi connectivity index (χ4n) is 3.26. The van der Waals surface area contributed by atoms with Crippen molar-refractivity contribution >= 4 is 40.9 Å². The minimum atomic E-state index is -0.506. The number of amides is 2. The number of nitrogens with two attached hydrogens (primary N) is 1. The second kappa shape index (κ2) is 9.09. The number of hydrogen-bond acceptors (Lipinski definition) is 7. The van der Waals surface area contributed by atoms with Crippen LogP contribution in [0.15, 0.2) is 53.7 Å². The van der Waals surface area contributed by atoms with Crippen LogP contribution in [-0.2, 0) is 11.3 Å². The van der Waals surface area contributed by atoms with E-state index >= 15 is 0 Å². The Kier molecular flexibility index (Phi) is 6.08. The van der Waals surface area contributed by atoms with Crippen molar-refractivity contribution in [3.8, 4) is 5.75 Å². The van der Waals surface area contributed by atoms with Gasteiger partial charge in [0.1, 0.15) is 5.75 Å². The molecular formula is C21H22N6O3S. The van der Waals surface area contributed by atoms with Crippen molar-refractivity contribution in [2.45, 2.75) is 18.6 Å². The summed E-state index contributed by atoms with van der Waals surface area (Å²) in [6.45, 7) is 4.11. The van der Waals surface area contributed by atoms with Crippen molar-refractivity contribution in [2.24, 2.45) is 5.73 Å². The van der Waals surface area contributed by atoms with Gasteiger partial charge in [0, 0.05) is 30.0 Å². The highest BCUT2D eigenvalue weighted by Gasteiger charge is 2.26. The molecule has 3 aromatic rings. The largest absolute Gasteiger partial charge is 0.494 e. The molecule has 2 amide bonds. The second-order valence-electron chi connectivity index (χ2n) is 6.79. The third-order valence-electron chi connectivity index (χ3n) is 4.73. The molecule has 0 radical (unpaired) electrons. The molecule has 1 aliphatic heterocycles. The molecule has 0 fully saturated rings. The maximum Gasteiger partial charge on any atom is 0.248 e. The minimum Gasteiger partial charge on any atom is -0.494 e. The number of carbonyl (C=O) groups excluding carboxylic acids is 2. The summed E-state index contributed by atoms with van der Waals surface area (Å²) < 4.78 is 7.51. The molecule has 0 unspecified atom stereocenters. The van der Waals surface area contributed by atoms with Gasteiger partial charge >= 0.3 is 0 Å². The highest BCUT2D eigenvalue weighted by molar-refractivity contribution is 7.99. The molecule has 4 rings (SSSR count). The molecule has 0 atom stereocenters. The Bertz CT molecular complexity index is 1080. The summed E-state index contributed by atoms with van der Waals surface area (Å²) in [6.07, 6.45) is 0. The lowest BCUT2D eigenvalue weighted by Crippen LogP contribution is -2.15. The number of carbonyl (C=O) groups is 2. The predicted octanol–water partition coefficient (Wildman–Crippen LogP) is 2.66. The molecule has 0 spiro atoms. The first kappa shape index (κ1) is 20.7. The van der Waals surface area contributed by atoms with Gasteiger partial charge in [0.15, 0.2) is 5.16 Å². The lowest BCUT2D eigenvalue weighted by Gasteiger charge is -2.15. The smallest absolute Gasteiger partial charge is 0.248 e. The average molecular weight is 439 g/mol. The summed E-state index contributed by atoms with van der Waals surface area (Å²) in [5, 5.41) is 12.1. The van der Waals surface area contributed by atoms with Crippen molar-refractivity contribution < 1.29 is 14.3 Å². The molecule has 1 aromatic heterocycles. The summed E-state index contributed by atoms with van der Waals surface area (Å²) in [6, 6.07) is 14.3. The highest BCUT2D eigenvalue weighted by atomic mass is 32.2. The number of anilines is 3. The maximum atomic E-state index is 12.3. The van der Waals surface area contributed by atoms with Crippen LogP contribution in [0.1, 0.15) is 17.3 Å². The second-order valence-corrected chi connectivity index (χ2v) is 7.73. The number of nitrogens with one attached hydrogen (secondary N) is 1. The van der Waals surface area contributed by atoms with E-state index in [0.717, 1.165) is 30.5 Å². The maximum absolute atomic E-state index is 12.3. The quantitative estimate of drug-likeness (QED) is 0.520. The van der Waals surface area contributed by atoms with Crippen molar-refractivity contribution in [3.05, 3.63) is 54.1 Å². The molecular weight excluding hydrogens is 416 g/mol. The topological polar surface area (TPSA) is 115 Å². The van der Waals surface area contributed by atoms with Crippen LogP contribution in [-0.4, -0.2) is 45.5 Å². The predicted molar refractivity (Wildman–Crippen MR) is 119 cm³/mol. The molecule has 10 heteroatoms. The molecule has 0 bridgehead atoms. The van der Waals surface area contributed by atoms with Crippen molar-refractivity contribution in [1.29, 1.82) is 0 Å². The van der Waals surface area contributed by atoms with E-state index < -0.39 is 5.91 Å². The number of aromatic nitrogens is 3. The molecule has 2 heterocycles. The van der Waals surface area contributed by atoms with E-state index in [4.69, 9.17) is 10.5 Å². The molecule has 160 valence electrons. The van der Waals surface area contributed by atoms with Gasteiger partial charge in [0.25, 0.3) is 0 Å². The van der Waals surface area contributed by atoms with Gasteiger partial charge in [0.2, 0.25) is 17.8 Å². The van der Waals surface area contributed by atoms with Crippen LogP contribution in [0.4, 0.5) is 17.3 Å². The Labute approximate surface area is 183 Å². The fraction of sp³-hybridized carbons (Fsp3) is 0.238. The van der Waals surface area contributed by atoms with Crippen LogP contribution < -0.4 is 20.7 Å². The molecule has 1 aliphatic rings. The minimum absolute atomic E-state index is 0.171. The summed E-state index contributed by atoms with van der Waals surface area (Å²) in [7, 11) is 0. The summed E-state index contributed by atoms with van der Waals surface area (Å²) in [4.78, 5) is 25.5. The van der Waals surface area contributed by atoms with Crippen LogP contribution in [0.2, 0.25) is 0 Å². The van der Waals surface area contributed by atoms with Gasteiger partial charge in [-0.2, -0.15) is 0 Å². The zero-order chi connectivity index (χ0) is 21.8. The SMILES string of the molecule is CCOc1ccc(N2CCn3c(SCC(=O)Nc4ccc(C(N)=O)cc4)nnc32)cc1. The Morgan fingerprint density at radius 2 is 1.84 bits per heavy atom. The number of primary amides is 1. The van der Waals surface area contributed by atoms with Crippen molar-refractivity contribution in [3.63, 3.8) is 0 Å². The zero-order valence-electron chi connectivity index (χ0n) is 16.9. The van der Waals surface area contributed by atoms with E-state index in [2.05, 4.69) is 20.4 Å². The van der Waals surface area contributed by atoms with E-state index in [-0.39, 0.29) is 11.7 Å². The van der Waals surface area contributed by atoms with Crippen LogP contribution in [0.3, 0.4) is 0 Å². The third kappa shape index (κ3) is 4.64. The molecule has 9 nitrogen and oxygen atoms in total. The summed E-state index contributed by atoms with van der Waals surface area (Å²) in [5.41, 5.74) is 7.23. The van der Waals surface area contributed by atoms with Crippen LogP contribution in [0.25, 0.3) is 0 Å². The normalized spacial score (nSPS) is 12.5. The third-order valence-corrected chi connectivity index (χ3v) is 5.70. The monoisotopic (exact) mass is 438 g/mol. The van der Waals surface area contributed by atoms with Gasteiger partial charge < -0.3 is 20.7 Å². The Balaban J connectivity index is 1.36. The first-order chi connectivity index (χ1) is 15.0. The van der Waals surface area contributed by atoms with E-state index in [1.165, 1.54) is 11.8 Å². The van der Waals surface area contributed by atoms with Gasteiger partial charge in [-0.3, -0.25) is 14.2 Å². The first-order valence-electron chi connectivity index (χ1n) is 9.81. The number of fused-ring (bicyclic) bond motifs is 1. The van der Waals surface area contributed by atoms with E-state index in [9.17, 15) is 9.59 Å². The standard InChI is InChI=1S/C21H22N6O3S/c1-2-30-17-9-7-16(8-10-17)26-11-12-27-20(26)24-25-21(27)31-13-18(28)23-15-5-3-14(4-6-15)19(22)29/h3-10H,2,11-13H2,1H3,(H2,22,29)(H,23,28). The van der Waals surface area contributed by atoms with Gasteiger partial charge in [0.05, 0.1) is 12.4 Å². The molecule has 31 heavy (non-hydrogen) atoms. The number of rotatable bonds is 8. The molecule has 2 aromatic carbocycles. The van der Waals surface area contributed by atoms with Crippen molar-refractivity contribution in [2.75, 3.05) is 29.1 Å². The van der Waals surface area contributed by atoms with Gasteiger partial charge in [-0.25, -0.2) is 0 Å². The highest BCUT2D eigenvalue weighted by Crippen LogP contribution is 2.32. The number of hydrogen-bond donors (Lipinski definition) is 2. The van der Waals surface area contributed by atoms with E-state index in [1.54, 1.807) is 24.3 Å². The lowest BCUT2D eigenvalue weighted by molar-refractivity contribution is -0.113. The van der Waals surface area contributed by atoms with Crippen molar-refractivity contribution in [1.82, 2.24) is 14.8 Å². The van der Waals surface area contributed by atoms with Gasteiger partial charge in [-0.05, 0) is 55.5 Å². The van der Waals surface area contributed by atoms with Gasteiger partial charge in [-0.1, -0.05) is 11.8 Å². The molecule has 0 saturated heterocycles. The van der Waals surface area contributed by atoms with Crippen LogP contribution in [0, 0.1) is 0 Å². The van der Waals surface area contributed by atoms with E-state index in [0.29, 0.717) is 23.0 Å². The number of ether oxygens (including phenoxy) is 1. The average Bonchev–Trinajstić information content (AvgIpc) is 3.36. The summed E-state index contributed by atoms with van der Waals surface area (Å²) >= 11 is 1.33. The van der Waals surface area contributed by atoms with Gasteiger partial charge in [-0.15, -0.1) is 10.2 Å². The summed E-state index contributed by atoms with van der Waals surface area (Å²) in [5.74, 6) is 1.11. The molecule has 3 N–H and O–H groups in total. The number of nitrogens with zero attached hydrogens (tertiary/aromatic N) is 4. The number of thioether (sulfide) groups is 1.